The number of rotatable bonds is 6. The number of nitrogens with one attached hydrogen (secondary N) is 1. The number of likely N-dealkylation sites (tertiary alicyclic amines) is 1. The molecule has 1 heterocycles. The lowest BCUT2D eigenvalue weighted by Crippen LogP contribution is -2.45. The first-order chi connectivity index (χ1) is 13.5. The third-order valence-electron chi connectivity index (χ3n) is 5.35. The van der Waals surface area contributed by atoms with Crippen molar-refractivity contribution in [2.24, 2.45) is 5.92 Å². The average Bonchev–Trinajstić information content (AvgIpc) is 2.73. The summed E-state index contributed by atoms with van der Waals surface area (Å²) in [6.45, 7) is 3.22. The van der Waals surface area contributed by atoms with E-state index in [4.69, 9.17) is 11.6 Å². The molecule has 1 saturated heterocycles. The van der Waals surface area contributed by atoms with E-state index < -0.39 is 0 Å². The molecule has 3 rings (SSSR count). The lowest BCUT2D eigenvalue weighted by Gasteiger charge is -2.32. The largest absolute Gasteiger partial charge is 0.353 e. The van der Waals surface area contributed by atoms with Gasteiger partial charge >= 0.3 is 0 Å². The van der Waals surface area contributed by atoms with Gasteiger partial charge in [-0.2, -0.15) is 0 Å². The van der Waals surface area contributed by atoms with Crippen molar-refractivity contribution in [2.45, 2.75) is 38.6 Å². The van der Waals surface area contributed by atoms with Crippen LogP contribution in [0, 0.1) is 5.92 Å². The number of benzene rings is 2. The minimum absolute atomic E-state index is 0.0329. The number of nitrogens with zero attached hydrogens (tertiary/aromatic N) is 1. The summed E-state index contributed by atoms with van der Waals surface area (Å²) in [4.78, 5) is 27.0. The second-order valence-electron chi connectivity index (χ2n) is 7.48. The van der Waals surface area contributed by atoms with Crippen LogP contribution in [0.15, 0.2) is 54.6 Å². The van der Waals surface area contributed by atoms with Gasteiger partial charge in [0.05, 0.1) is 10.6 Å². The molecule has 5 heteroatoms. The highest BCUT2D eigenvalue weighted by molar-refractivity contribution is 6.33. The van der Waals surface area contributed by atoms with Gasteiger partial charge in [-0.15, -0.1) is 0 Å². The number of hydrogen-bond donors (Lipinski definition) is 1. The summed E-state index contributed by atoms with van der Waals surface area (Å²) >= 11 is 6.14. The zero-order valence-electron chi connectivity index (χ0n) is 16.2. The molecule has 1 N–H and O–H groups in total. The predicted molar refractivity (Wildman–Crippen MR) is 112 cm³/mol. The van der Waals surface area contributed by atoms with Crippen molar-refractivity contribution in [1.82, 2.24) is 10.2 Å². The average molecular weight is 399 g/mol. The van der Waals surface area contributed by atoms with Crippen molar-refractivity contribution >= 4 is 23.4 Å². The van der Waals surface area contributed by atoms with Crippen LogP contribution >= 0.6 is 11.6 Å². The Hall–Kier alpha value is -2.33. The fourth-order valence-corrected chi connectivity index (χ4v) is 3.83. The van der Waals surface area contributed by atoms with E-state index >= 15 is 0 Å². The quantitative estimate of drug-likeness (QED) is 0.787. The highest BCUT2D eigenvalue weighted by atomic mass is 35.5. The van der Waals surface area contributed by atoms with Crippen LogP contribution in [-0.4, -0.2) is 35.8 Å². The Kier molecular flexibility index (Phi) is 7.10. The number of aryl methyl sites for hydroxylation is 1. The van der Waals surface area contributed by atoms with Gasteiger partial charge in [0, 0.05) is 25.0 Å². The zero-order chi connectivity index (χ0) is 19.9. The fourth-order valence-electron chi connectivity index (χ4n) is 3.61. The van der Waals surface area contributed by atoms with Crippen LogP contribution in [0.1, 0.15) is 42.1 Å². The molecule has 1 atom stereocenters. The van der Waals surface area contributed by atoms with Gasteiger partial charge in [-0.3, -0.25) is 9.59 Å². The van der Waals surface area contributed by atoms with Crippen molar-refractivity contribution in [3.8, 4) is 0 Å². The van der Waals surface area contributed by atoms with Crippen LogP contribution < -0.4 is 5.32 Å². The van der Waals surface area contributed by atoms with E-state index in [0.717, 1.165) is 12.8 Å². The molecule has 1 fully saturated rings. The molecular formula is C23H27ClN2O2. The topological polar surface area (TPSA) is 49.4 Å². The summed E-state index contributed by atoms with van der Waals surface area (Å²) in [6, 6.07) is 17.6. The Morgan fingerprint density at radius 1 is 1.07 bits per heavy atom. The summed E-state index contributed by atoms with van der Waals surface area (Å²) < 4.78 is 0. The van der Waals surface area contributed by atoms with Crippen molar-refractivity contribution in [2.75, 3.05) is 13.1 Å². The molecule has 0 unspecified atom stereocenters. The predicted octanol–water partition coefficient (Wildman–Crippen LogP) is 4.33. The van der Waals surface area contributed by atoms with E-state index in [9.17, 15) is 9.59 Å². The Morgan fingerprint density at radius 2 is 1.71 bits per heavy atom. The van der Waals surface area contributed by atoms with E-state index in [-0.39, 0.29) is 23.8 Å². The smallest absolute Gasteiger partial charge is 0.255 e. The van der Waals surface area contributed by atoms with Crippen molar-refractivity contribution in [3.63, 3.8) is 0 Å². The molecule has 0 saturated carbocycles. The molecule has 0 aliphatic carbocycles. The Labute approximate surface area is 171 Å². The first-order valence-corrected chi connectivity index (χ1v) is 10.3. The van der Waals surface area contributed by atoms with Gasteiger partial charge in [0.1, 0.15) is 0 Å². The zero-order valence-corrected chi connectivity index (χ0v) is 17.0. The van der Waals surface area contributed by atoms with Gasteiger partial charge in [0.25, 0.3) is 5.91 Å². The Morgan fingerprint density at radius 3 is 2.39 bits per heavy atom. The van der Waals surface area contributed by atoms with Gasteiger partial charge in [0.2, 0.25) is 5.91 Å². The highest BCUT2D eigenvalue weighted by Gasteiger charge is 2.28. The molecule has 1 aliphatic heterocycles. The van der Waals surface area contributed by atoms with Crippen LogP contribution in [0.25, 0.3) is 0 Å². The molecule has 4 nitrogen and oxygen atoms in total. The number of carbonyl (C=O) groups excluding carboxylic acids is 2. The number of halogens is 1. The number of piperidine rings is 1. The molecule has 0 bridgehead atoms. The molecule has 1 aliphatic rings. The van der Waals surface area contributed by atoms with Crippen LogP contribution in [0.3, 0.4) is 0 Å². The standard InChI is InChI=1S/C23H27ClN2O2/c1-17(11-12-18-7-3-2-4-8-18)25-22(27)19-13-15-26(16-14-19)23(28)20-9-5-6-10-21(20)24/h2-10,17,19H,11-16H2,1H3,(H,25,27)/t17-/m1/s1. The molecule has 0 radical (unpaired) electrons. The maximum absolute atomic E-state index is 12.6. The number of amides is 2. The lowest BCUT2D eigenvalue weighted by atomic mass is 9.94. The number of carbonyl (C=O) groups is 2. The number of hydrogen-bond acceptors (Lipinski definition) is 2. The Bertz CT molecular complexity index is 801. The summed E-state index contributed by atoms with van der Waals surface area (Å²) in [6.07, 6.45) is 3.24. The van der Waals surface area contributed by atoms with Crippen LogP contribution in [0.5, 0.6) is 0 Å². The summed E-state index contributed by atoms with van der Waals surface area (Å²) in [7, 11) is 0. The van der Waals surface area contributed by atoms with E-state index in [1.807, 2.05) is 30.3 Å². The normalized spacial score (nSPS) is 15.9. The highest BCUT2D eigenvalue weighted by Crippen LogP contribution is 2.22. The van der Waals surface area contributed by atoms with Crippen LogP contribution in [0.2, 0.25) is 5.02 Å². The molecule has 2 aromatic carbocycles. The molecule has 148 valence electrons. The van der Waals surface area contributed by atoms with Crippen molar-refractivity contribution in [3.05, 3.63) is 70.7 Å². The minimum atomic E-state index is -0.0549. The third-order valence-corrected chi connectivity index (χ3v) is 5.68. The summed E-state index contributed by atoms with van der Waals surface area (Å²) in [5, 5.41) is 3.61. The van der Waals surface area contributed by atoms with Gasteiger partial charge in [-0.25, -0.2) is 0 Å². The summed E-state index contributed by atoms with van der Waals surface area (Å²) in [5.74, 6) is 0.0144. The maximum atomic E-state index is 12.6. The second-order valence-corrected chi connectivity index (χ2v) is 7.89. The lowest BCUT2D eigenvalue weighted by molar-refractivity contribution is -0.126. The van der Waals surface area contributed by atoms with E-state index in [2.05, 4.69) is 24.4 Å². The molecule has 2 amide bonds. The van der Waals surface area contributed by atoms with E-state index in [1.165, 1.54) is 5.56 Å². The van der Waals surface area contributed by atoms with Gasteiger partial charge in [0.15, 0.2) is 0 Å². The Balaban J connectivity index is 1.44. The van der Waals surface area contributed by atoms with Crippen LogP contribution in [0.4, 0.5) is 0 Å². The van der Waals surface area contributed by atoms with Gasteiger partial charge < -0.3 is 10.2 Å². The fraction of sp³-hybridized carbons (Fsp3) is 0.391. The molecule has 2 aromatic rings. The SMILES string of the molecule is C[C@H](CCc1ccccc1)NC(=O)C1CCN(C(=O)c2ccccc2Cl)CC1. The van der Waals surface area contributed by atoms with Crippen molar-refractivity contribution < 1.29 is 9.59 Å². The van der Waals surface area contributed by atoms with Crippen molar-refractivity contribution in [1.29, 1.82) is 0 Å². The maximum Gasteiger partial charge on any atom is 0.255 e. The van der Waals surface area contributed by atoms with E-state index in [0.29, 0.717) is 36.5 Å². The van der Waals surface area contributed by atoms with Crippen LogP contribution in [-0.2, 0) is 11.2 Å². The first-order valence-electron chi connectivity index (χ1n) is 9.92. The monoisotopic (exact) mass is 398 g/mol. The molecule has 0 aromatic heterocycles. The molecule has 0 spiro atoms. The molecular weight excluding hydrogens is 372 g/mol. The first kappa shape index (κ1) is 20.4. The third kappa shape index (κ3) is 5.35. The second kappa shape index (κ2) is 9.74. The minimum Gasteiger partial charge on any atom is -0.353 e. The summed E-state index contributed by atoms with van der Waals surface area (Å²) in [5.41, 5.74) is 1.82. The van der Waals surface area contributed by atoms with E-state index in [1.54, 1.807) is 17.0 Å². The molecule has 28 heavy (non-hydrogen) atoms. The van der Waals surface area contributed by atoms with Gasteiger partial charge in [-0.1, -0.05) is 54.1 Å². The van der Waals surface area contributed by atoms with Gasteiger partial charge in [-0.05, 0) is 50.3 Å².